The Balaban J connectivity index is 1.36. The van der Waals surface area contributed by atoms with Gasteiger partial charge in [0.25, 0.3) is 5.91 Å². The molecule has 0 atom stereocenters. The number of hydrogen-bond acceptors (Lipinski definition) is 3. The molecule has 2 fully saturated rings. The minimum Gasteiger partial charge on any atom is -0.337 e. The Kier molecular flexibility index (Phi) is 6.95. The van der Waals surface area contributed by atoms with Crippen LogP contribution < -0.4 is 5.32 Å². The zero-order chi connectivity index (χ0) is 20.8. The van der Waals surface area contributed by atoms with E-state index in [4.69, 9.17) is 0 Å². The Labute approximate surface area is 182 Å². The van der Waals surface area contributed by atoms with Gasteiger partial charge in [-0.3, -0.25) is 4.79 Å². The molecule has 4 rings (SSSR count). The summed E-state index contributed by atoms with van der Waals surface area (Å²) in [5, 5.41) is 3.77. The van der Waals surface area contributed by atoms with Crippen molar-refractivity contribution in [2.45, 2.75) is 42.2 Å². The van der Waals surface area contributed by atoms with Crippen molar-refractivity contribution in [1.82, 2.24) is 9.80 Å². The maximum atomic E-state index is 13.0. The fraction of sp³-hybridized carbons (Fsp3) is 0.417. The summed E-state index contributed by atoms with van der Waals surface area (Å²) in [6.07, 6.45) is 5.90. The van der Waals surface area contributed by atoms with Crippen LogP contribution in [0.15, 0.2) is 59.5 Å². The van der Waals surface area contributed by atoms with Crippen LogP contribution in [0, 0.1) is 0 Å². The largest absolute Gasteiger partial charge is 0.337 e. The topological polar surface area (TPSA) is 52.7 Å². The molecule has 1 saturated carbocycles. The van der Waals surface area contributed by atoms with Crippen molar-refractivity contribution in [3.8, 4) is 0 Å². The van der Waals surface area contributed by atoms with Crippen LogP contribution >= 0.6 is 11.8 Å². The molecule has 0 spiro atoms. The molecule has 0 bridgehead atoms. The van der Waals surface area contributed by atoms with Crippen molar-refractivity contribution in [3.05, 3.63) is 60.2 Å². The molecule has 2 aliphatic rings. The number of thioether (sulfide) groups is 1. The number of anilines is 1. The van der Waals surface area contributed by atoms with Crippen molar-refractivity contribution in [2.24, 2.45) is 0 Å². The number of nitrogens with zero attached hydrogens (tertiary/aromatic N) is 2. The Hall–Kier alpha value is -2.47. The number of hydrogen-bond donors (Lipinski definition) is 1. The maximum Gasteiger partial charge on any atom is 0.321 e. The average molecular weight is 424 g/mol. The highest BCUT2D eigenvalue weighted by Crippen LogP contribution is 2.38. The highest BCUT2D eigenvalue weighted by molar-refractivity contribution is 8.00. The second-order valence-corrected chi connectivity index (χ2v) is 9.29. The van der Waals surface area contributed by atoms with Gasteiger partial charge in [0.1, 0.15) is 0 Å². The summed E-state index contributed by atoms with van der Waals surface area (Å²) in [5.41, 5.74) is 1.59. The molecule has 1 heterocycles. The molecule has 158 valence electrons. The van der Waals surface area contributed by atoms with Crippen LogP contribution in [0.2, 0.25) is 0 Å². The maximum absolute atomic E-state index is 13.0. The van der Waals surface area contributed by atoms with Gasteiger partial charge in [-0.15, -0.1) is 11.8 Å². The van der Waals surface area contributed by atoms with E-state index >= 15 is 0 Å². The smallest absolute Gasteiger partial charge is 0.321 e. The van der Waals surface area contributed by atoms with Gasteiger partial charge in [0.2, 0.25) is 0 Å². The van der Waals surface area contributed by atoms with Gasteiger partial charge in [0.15, 0.2) is 0 Å². The number of nitrogens with one attached hydrogen (secondary N) is 1. The third-order valence-electron chi connectivity index (χ3n) is 5.82. The van der Waals surface area contributed by atoms with Crippen LogP contribution in [0.1, 0.15) is 42.5 Å². The Morgan fingerprint density at radius 2 is 1.47 bits per heavy atom. The second kappa shape index (κ2) is 10.0. The normalized spacial score (nSPS) is 17.6. The third kappa shape index (κ3) is 5.17. The molecule has 6 heteroatoms. The molecule has 30 heavy (non-hydrogen) atoms. The van der Waals surface area contributed by atoms with E-state index in [2.05, 4.69) is 11.4 Å². The lowest BCUT2D eigenvalue weighted by Crippen LogP contribution is -2.39. The summed E-state index contributed by atoms with van der Waals surface area (Å²) in [6.45, 7) is 2.43. The summed E-state index contributed by atoms with van der Waals surface area (Å²) >= 11 is 1.89. The lowest BCUT2D eigenvalue weighted by Gasteiger charge is -2.23. The predicted molar refractivity (Wildman–Crippen MR) is 122 cm³/mol. The molecule has 2 aromatic carbocycles. The monoisotopic (exact) mass is 423 g/mol. The molecule has 3 amide bonds. The second-order valence-electron chi connectivity index (χ2n) is 7.95. The van der Waals surface area contributed by atoms with Gasteiger partial charge in [0, 0.05) is 41.9 Å². The van der Waals surface area contributed by atoms with Crippen LogP contribution in [0.3, 0.4) is 0 Å². The first-order chi connectivity index (χ1) is 14.7. The van der Waals surface area contributed by atoms with Crippen LogP contribution in [-0.4, -0.2) is 53.2 Å². The summed E-state index contributed by atoms with van der Waals surface area (Å²) in [6, 6.07) is 17.4. The van der Waals surface area contributed by atoms with Crippen LogP contribution in [0.4, 0.5) is 10.5 Å². The molecule has 1 aliphatic heterocycles. The van der Waals surface area contributed by atoms with Crippen molar-refractivity contribution in [2.75, 3.05) is 31.5 Å². The molecule has 0 aromatic heterocycles. The zero-order valence-corrected chi connectivity index (χ0v) is 18.1. The lowest BCUT2D eigenvalue weighted by atomic mass is 10.2. The molecule has 2 aromatic rings. The van der Waals surface area contributed by atoms with E-state index in [-0.39, 0.29) is 11.9 Å². The zero-order valence-electron chi connectivity index (χ0n) is 17.3. The van der Waals surface area contributed by atoms with Crippen LogP contribution in [0.5, 0.6) is 0 Å². The van der Waals surface area contributed by atoms with Crippen LogP contribution in [-0.2, 0) is 0 Å². The SMILES string of the molecule is O=C(Nc1ccccc1SC1CCCC1)N1CCCN(C(=O)c2ccccc2)CC1. The van der Waals surface area contributed by atoms with Gasteiger partial charge in [-0.05, 0) is 43.5 Å². The van der Waals surface area contributed by atoms with Crippen molar-refractivity contribution >= 4 is 29.4 Å². The summed E-state index contributed by atoms with van der Waals surface area (Å²) < 4.78 is 0. The molecule has 0 radical (unpaired) electrons. The number of rotatable bonds is 4. The molecular weight excluding hydrogens is 394 g/mol. The minimum absolute atomic E-state index is 0.0381. The molecule has 1 saturated heterocycles. The van der Waals surface area contributed by atoms with Gasteiger partial charge in [-0.25, -0.2) is 4.79 Å². The Morgan fingerprint density at radius 1 is 0.800 bits per heavy atom. The number of amides is 3. The molecule has 0 unspecified atom stereocenters. The summed E-state index contributed by atoms with van der Waals surface area (Å²) in [5.74, 6) is 0.0381. The number of urea groups is 1. The van der Waals surface area contributed by atoms with E-state index in [1.54, 1.807) is 0 Å². The first kappa shape index (κ1) is 20.8. The minimum atomic E-state index is -0.0801. The van der Waals surface area contributed by atoms with E-state index in [1.165, 1.54) is 25.7 Å². The van der Waals surface area contributed by atoms with Gasteiger partial charge in [-0.1, -0.05) is 43.2 Å². The third-order valence-corrected chi connectivity index (χ3v) is 7.23. The Bertz CT molecular complexity index is 868. The highest BCUT2D eigenvalue weighted by atomic mass is 32.2. The summed E-state index contributed by atoms with van der Waals surface area (Å²) in [4.78, 5) is 30.5. The average Bonchev–Trinajstić information content (AvgIpc) is 3.16. The predicted octanol–water partition coefficient (Wildman–Crippen LogP) is 5.10. The van der Waals surface area contributed by atoms with Gasteiger partial charge in [0.05, 0.1) is 5.69 Å². The van der Waals surface area contributed by atoms with Crippen LogP contribution in [0.25, 0.3) is 0 Å². The molecule has 5 nitrogen and oxygen atoms in total. The van der Waals surface area contributed by atoms with E-state index in [9.17, 15) is 9.59 Å². The van der Waals surface area contributed by atoms with Gasteiger partial charge >= 0.3 is 6.03 Å². The van der Waals surface area contributed by atoms with Crippen molar-refractivity contribution < 1.29 is 9.59 Å². The number of para-hydroxylation sites is 1. The fourth-order valence-corrected chi connectivity index (χ4v) is 5.47. The van der Waals surface area contributed by atoms with Gasteiger partial charge in [-0.2, -0.15) is 0 Å². The van der Waals surface area contributed by atoms with Crippen molar-refractivity contribution in [1.29, 1.82) is 0 Å². The first-order valence-corrected chi connectivity index (χ1v) is 11.7. The lowest BCUT2D eigenvalue weighted by molar-refractivity contribution is 0.0762. The van der Waals surface area contributed by atoms with E-state index in [0.717, 1.165) is 17.0 Å². The standard InChI is InChI=1S/C24H29N3O2S/c28-23(19-9-2-1-3-10-19)26-15-8-16-27(18-17-26)24(29)25-21-13-6-7-14-22(21)30-20-11-4-5-12-20/h1-3,6-7,9-10,13-14,20H,4-5,8,11-12,15-18H2,(H,25,29). The van der Waals surface area contributed by atoms with E-state index in [0.29, 0.717) is 37.0 Å². The molecule has 1 N–H and O–H groups in total. The number of benzene rings is 2. The fourth-order valence-electron chi connectivity index (χ4n) is 4.14. The first-order valence-electron chi connectivity index (χ1n) is 10.9. The number of carbonyl (C=O) groups is 2. The van der Waals surface area contributed by atoms with E-state index < -0.39 is 0 Å². The van der Waals surface area contributed by atoms with Crippen molar-refractivity contribution in [3.63, 3.8) is 0 Å². The summed E-state index contributed by atoms with van der Waals surface area (Å²) in [7, 11) is 0. The van der Waals surface area contributed by atoms with E-state index in [1.807, 2.05) is 70.1 Å². The highest BCUT2D eigenvalue weighted by Gasteiger charge is 2.24. The quantitative estimate of drug-likeness (QED) is 0.744. The Morgan fingerprint density at radius 3 is 2.27 bits per heavy atom. The number of carbonyl (C=O) groups excluding carboxylic acids is 2. The van der Waals surface area contributed by atoms with Gasteiger partial charge < -0.3 is 15.1 Å². The molecular formula is C24H29N3O2S. The molecule has 1 aliphatic carbocycles.